The Hall–Kier alpha value is -1.36. The van der Waals surface area contributed by atoms with E-state index in [0.29, 0.717) is 0 Å². The van der Waals surface area contributed by atoms with Crippen LogP contribution in [0, 0.1) is 13.8 Å². The highest BCUT2D eigenvalue weighted by Gasteiger charge is 2.28. The van der Waals surface area contributed by atoms with Crippen LogP contribution < -0.4 is 10.2 Å². The lowest BCUT2D eigenvalue weighted by atomic mass is 9.91. The minimum atomic E-state index is -0.258. The second kappa shape index (κ2) is 5.74. The van der Waals surface area contributed by atoms with Crippen molar-refractivity contribution in [2.45, 2.75) is 51.7 Å². The van der Waals surface area contributed by atoms with Crippen molar-refractivity contribution in [1.82, 2.24) is 9.97 Å². The van der Waals surface area contributed by atoms with Crippen molar-refractivity contribution in [3.63, 3.8) is 0 Å². The third kappa shape index (κ3) is 2.81. The molecular formula is C14H24N4O. The molecule has 0 aliphatic heterocycles. The molecule has 1 aromatic rings. The number of aromatic nitrogens is 2. The van der Waals surface area contributed by atoms with Crippen molar-refractivity contribution in [3.8, 4) is 0 Å². The highest BCUT2D eigenvalue weighted by atomic mass is 16.3. The molecule has 0 aromatic carbocycles. The van der Waals surface area contributed by atoms with Crippen LogP contribution in [-0.4, -0.2) is 41.3 Å². The van der Waals surface area contributed by atoms with Gasteiger partial charge in [0.2, 0.25) is 0 Å². The quantitative estimate of drug-likeness (QED) is 0.873. The van der Waals surface area contributed by atoms with Gasteiger partial charge < -0.3 is 15.3 Å². The molecule has 106 valence electrons. The summed E-state index contributed by atoms with van der Waals surface area (Å²) in [7, 11) is 3.89. The van der Waals surface area contributed by atoms with Crippen LogP contribution in [-0.2, 0) is 0 Å². The number of aliphatic hydroxyl groups is 1. The van der Waals surface area contributed by atoms with Crippen molar-refractivity contribution in [1.29, 1.82) is 0 Å². The van der Waals surface area contributed by atoms with E-state index in [4.69, 9.17) is 0 Å². The van der Waals surface area contributed by atoms with Crippen molar-refractivity contribution in [2.24, 2.45) is 0 Å². The second-order valence-electron chi connectivity index (χ2n) is 5.35. The Morgan fingerprint density at radius 1 is 1.21 bits per heavy atom. The van der Waals surface area contributed by atoms with Crippen molar-refractivity contribution in [2.75, 3.05) is 24.3 Å². The van der Waals surface area contributed by atoms with Crippen molar-refractivity contribution in [3.05, 3.63) is 11.4 Å². The summed E-state index contributed by atoms with van der Waals surface area (Å²) in [6, 6.07) is 0.159. The van der Waals surface area contributed by atoms with Crippen LogP contribution in [0.15, 0.2) is 0 Å². The molecule has 0 saturated heterocycles. The van der Waals surface area contributed by atoms with Crippen LogP contribution in [0.4, 0.5) is 11.6 Å². The van der Waals surface area contributed by atoms with Gasteiger partial charge in [0.05, 0.1) is 12.1 Å². The Morgan fingerprint density at radius 3 is 2.53 bits per heavy atom. The number of hydrogen-bond donors (Lipinski definition) is 2. The largest absolute Gasteiger partial charge is 0.391 e. The zero-order valence-electron chi connectivity index (χ0n) is 12.3. The van der Waals surface area contributed by atoms with E-state index in [2.05, 4.69) is 20.2 Å². The van der Waals surface area contributed by atoms with Gasteiger partial charge in [0, 0.05) is 19.7 Å². The van der Waals surface area contributed by atoms with Gasteiger partial charge in [0.1, 0.15) is 17.5 Å². The molecule has 1 aromatic heterocycles. The predicted molar refractivity (Wildman–Crippen MR) is 77.7 cm³/mol. The molecule has 1 aliphatic rings. The Morgan fingerprint density at radius 2 is 1.89 bits per heavy atom. The van der Waals surface area contributed by atoms with Gasteiger partial charge in [-0.1, -0.05) is 12.8 Å². The topological polar surface area (TPSA) is 61.3 Å². The molecule has 1 saturated carbocycles. The second-order valence-corrected chi connectivity index (χ2v) is 5.35. The number of nitrogens with one attached hydrogen (secondary N) is 1. The fourth-order valence-corrected chi connectivity index (χ4v) is 2.90. The van der Waals surface area contributed by atoms with E-state index in [0.717, 1.165) is 42.3 Å². The van der Waals surface area contributed by atoms with Crippen LogP contribution in [0.2, 0.25) is 0 Å². The molecule has 1 fully saturated rings. The zero-order valence-corrected chi connectivity index (χ0v) is 12.3. The minimum absolute atomic E-state index is 0.159. The highest BCUT2D eigenvalue weighted by molar-refractivity contribution is 5.58. The predicted octanol–water partition coefficient (Wildman–Crippen LogP) is 1.87. The molecule has 0 amide bonds. The molecular weight excluding hydrogens is 240 g/mol. The van der Waals surface area contributed by atoms with Gasteiger partial charge in [-0.05, 0) is 26.7 Å². The summed E-state index contributed by atoms with van der Waals surface area (Å²) in [5.41, 5.74) is 1.04. The fourth-order valence-electron chi connectivity index (χ4n) is 2.90. The molecule has 0 radical (unpaired) electrons. The van der Waals surface area contributed by atoms with Gasteiger partial charge in [-0.25, -0.2) is 9.97 Å². The Balaban J connectivity index is 2.32. The monoisotopic (exact) mass is 264 g/mol. The summed E-state index contributed by atoms with van der Waals surface area (Å²) in [4.78, 5) is 11.1. The molecule has 0 spiro atoms. The van der Waals surface area contributed by atoms with E-state index in [9.17, 15) is 5.11 Å². The maximum absolute atomic E-state index is 10.2. The Bertz CT molecular complexity index is 449. The molecule has 5 nitrogen and oxygen atoms in total. The van der Waals surface area contributed by atoms with E-state index in [1.54, 1.807) is 0 Å². The number of likely N-dealkylation sites (N-methyl/N-ethyl adjacent to an activating group) is 1. The summed E-state index contributed by atoms with van der Waals surface area (Å²) in [5, 5.41) is 13.3. The number of aliphatic hydroxyl groups excluding tert-OH is 1. The molecule has 5 heteroatoms. The van der Waals surface area contributed by atoms with Gasteiger partial charge in [-0.3, -0.25) is 0 Å². The molecule has 19 heavy (non-hydrogen) atoms. The van der Waals surface area contributed by atoms with Gasteiger partial charge in [0.15, 0.2) is 0 Å². The average Bonchev–Trinajstić information content (AvgIpc) is 2.40. The van der Waals surface area contributed by atoms with Gasteiger partial charge in [0.25, 0.3) is 0 Å². The van der Waals surface area contributed by atoms with Crippen LogP contribution in [0.1, 0.15) is 37.1 Å². The van der Waals surface area contributed by atoms with E-state index >= 15 is 0 Å². The Kier molecular flexibility index (Phi) is 4.24. The first kappa shape index (κ1) is 14.1. The van der Waals surface area contributed by atoms with Gasteiger partial charge in [-0.2, -0.15) is 0 Å². The van der Waals surface area contributed by atoms with E-state index in [1.165, 1.54) is 6.42 Å². The average molecular weight is 264 g/mol. The number of aryl methyl sites for hydroxylation is 1. The summed E-state index contributed by atoms with van der Waals surface area (Å²) in [5.74, 6) is 2.53. The first-order valence-electron chi connectivity index (χ1n) is 6.98. The summed E-state index contributed by atoms with van der Waals surface area (Å²) >= 11 is 0. The van der Waals surface area contributed by atoms with Crippen LogP contribution in [0.3, 0.4) is 0 Å². The number of nitrogens with zero attached hydrogens (tertiary/aromatic N) is 3. The molecule has 2 N–H and O–H groups in total. The molecule has 2 rings (SSSR count). The maximum atomic E-state index is 10.2. The normalized spacial score (nSPS) is 23.2. The Labute approximate surface area is 115 Å². The molecule has 1 heterocycles. The lowest BCUT2D eigenvalue weighted by molar-refractivity contribution is 0.106. The van der Waals surface area contributed by atoms with Gasteiger partial charge >= 0.3 is 0 Å². The summed E-state index contributed by atoms with van der Waals surface area (Å²) < 4.78 is 0. The summed E-state index contributed by atoms with van der Waals surface area (Å²) in [6.45, 7) is 3.92. The number of hydrogen-bond acceptors (Lipinski definition) is 5. The van der Waals surface area contributed by atoms with E-state index < -0.39 is 0 Å². The van der Waals surface area contributed by atoms with Crippen molar-refractivity contribution < 1.29 is 5.11 Å². The molecule has 1 aliphatic carbocycles. The molecule has 2 atom stereocenters. The standard InChI is InChI=1S/C14H24N4O/c1-9-13(15-3)16-10(2)17-14(9)18(4)11-7-5-6-8-12(11)19/h11-12,19H,5-8H2,1-4H3,(H,15,16,17). The summed E-state index contributed by atoms with van der Waals surface area (Å²) in [6.07, 6.45) is 3.95. The maximum Gasteiger partial charge on any atom is 0.137 e. The smallest absolute Gasteiger partial charge is 0.137 e. The van der Waals surface area contributed by atoms with Crippen LogP contribution >= 0.6 is 0 Å². The van der Waals surface area contributed by atoms with E-state index in [1.807, 2.05) is 27.9 Å². The van der Waals surface area contributed by atoms with Crippen LogP contribution in [0.5, 0.6) is 0 Å². The first-order chi connectivity index (χ1) is 9.04. The third-order valence-electron chi connectivity index (χ3n) is 3.99. The number of anilines is 2. The van der Waals surface area contributed by atoms with Crippen LogP contribution in [0.25, 0.3) is 0 Å². The zero-order chi connectivity index (χ0) is 14.0. The molecule has 2 unspecified atom stereocenters. The van der Waals surface area contributed by atoms with Crippen molar-refractivity contribution >= 4 is 11.6 Å². The van der Waals surface area contributed by atoms with E-state index in [-0.39, 0.29) is 12.1 Å². The fraction of sp³-hybridized carbons (Fsp3) is 0.714. The third-order valence-corrected chi connectivity index (χ3v) is 3.99. The lowest BCUT2D eigenvalue weighted by Crippen LogP contribution is -2.44. The SMILES string of the molecule is CNc1nc(C)nc(N(C)C2CCCCC2O)c1C. The highest BCUT2D eigenvalue weighted by Crippen LogP contribution is 2.29. The lowest BCUT2D eigenvalue weighted by Gasteiger charge is -2.36. The van der Waals surface area contributed by atoms with Gasteiger partial charge in [-0.15, -0.1) is 0 Å². The minimum Gasteiger partial charge on any atom is -0.391 e. The molecule has 0 bridgehead atoms. The number of rotatable bonds is 3. The first-order valence-corrected chi connectivity index (χ1v) is 6.98.